The number of nitrogens with zero attached hydrogens (tertiary/aromatic N) is 3. The summed E-state index contributed by atoms with van der Waals surface area (Å²) in [5.74, 6) is 1.04. The van der Waals surface area contributed by atoms with Gasteiger partial charge in [-0.25, -0.2) is 9.50 Å². The fraction of sp³-hybridized carbons (Fsp3) is 0.409. The van der Waals surface area contributed by atoms with Crippen LogP contribution in [-0.4, -0.2) is 45.6 Å². The number of carbonyl (C=O) groups is 1. The Kier molecular flexibility index (Phi) is 5.13. The summed E-state index contributed by atoms with van der Waals surface area (Å²) in [5.41, 5.74) is 3.87. The Hall–Kier alpha value is -3.09. The number of hydrogen-bond acceptors (Lipinski definition) is 4. The molecule has 4 rings (SSSR count). The van der Waals surface area contributed by atoms with E-state index in [0.29, 0.717) is 24.2 Å². The van der Waals surface area contributed by atoms with Crippen molar-refractivity contribution < 1.29 is 9.53 Å². The number of hydrogen-bond donors (Lipinski definition) is 1. The highest BCUT2D eigenvalue weighted by atomic mass is 16.5. The molecule has 3 heterocycles. The van der Waals surface area contributed by atoms with Crippen LogP contribution in [0.5, 0.6) is 5.75 Å². The maximum Gasteiger partial charge on any atom is 0.275 e. The number of carbonyl (C=O) groups excluding carboxylic acids is 1. The zero-order valence-electron chi connectivity index (χ0n) is 17.1. The zero-order valence-corrected chi connectivity index (χ0v) is 17.1. The SMILES string of the molecule is COc1cccc(CC(=O)N2CCC[C@@H](c3cc4nc(C)c(C)c(=O)n4[nH]3)C2)c1. The fourth-order valence-electron chi connectivity index (χ4n) is 3.97. The van der Waals surface area contributed by atoms with Gasteiger partial charge in [0, 0.05) is 42.0 Å². The molecule has 1 saturated heterocycles. The van der Waals surface area contributed by atoms with Gasteiger partial charge in [0.2, 0.25) is 5.91 Å². The lowest BCUT2D eigenvalue weighted by molar-refractivity contribution is -0.131. The molecule has 0 spiro atoms. The number of aryl methyl sites for hydroxylation is 1. The van der Waals surface area contributed by atoms with Crippen molar-refractivity contribution in [2.75, 3.05) is 20.2 Å². The van der Waals surface area contributed by atoms with Crippen molar-refractivity contribution >= 4 is 11.6 Å². The van der Waals surface area contributed by atoms with Gasteiger partial charge in [0.1, 0.15) is 5.75 Å². The van der Waals surface area contributed by atoms with Gasteiger partial charge in [0.05, 0.1) is 13.5 Å². The molecule has 1 amide bonds. The summed E-state index contributed by atoms with van der Waals surface area (Å²) in [6.45, 7) is 5.04. The number of ether oxygens (including phenoxy) is 1. The highest BCUT2D eigenvalue weighted by molar-refractivity contribution is 5.79. The van der Waals surface area contributed by atoms with E-state index in [1.165, 1.54) is 4.52 Å². The molecule has 0 saturated carbocycles. The van der Waals surface area contributed by atoms with E-state index in [9.17, 15) is 9.59 Å². The van der Waals surface area contributed by atoms with Crippen LogP contribution in [0.3, 0.4) is 0 Å². The zero-order chi connectivity index (χ0) is 20.5. The first kappa shape index (κ1) is 19.2. The first-order valence-electron chi connectivity index (χ1n) is 9.96. The molecule has 1 N–H and O–H groups in total. The summed E-state index contributed by atoms with van der Waals surface area (Å²) >= 11 is 0. The van der Waals surface area contributed by atoms with Gasteiger partial charge in [-0.3, -0.25) is 14.7 Å². The highest BCUT2D eigenvalue weighted by Crippen LogP contribution is 2.27. The van der Waals surface area contributed by atoms with Gasteiger partial charge in [-0.2, -0.15) is 0 Å². The molecule has 3 aromatic rings. The summed E-state index contributed by atoms with van der Waals surface area (Å²) in [6.07, 6.45) is 2.27. The third-order valence-electron chi connectivity index (χ3n) is 5.81. The number of benzene rings is 1. The van der Waals surface area contributed by atoms with Crippen molar-refractivity contribution in [3.05, 3.63) is 63.2 Å². The number of piperidine rings is 1. The lowest BCUT2D eigenvalue weighted by atomic mass is 9.94. The van der Waals surface area contributed by atoms with Gasteiger partial charge >= 0.3 is 0 Å². The van der Waals surface area contributed by atoms with Crippen molar-refractivity contribution in [2.24, 2.45) is 0 Å². The van der Waals surface area contributed by atoms with Gasteiger partial charge in [0.25, 0.3) is 5.56 Å². The molecule has 0 radical (unpaired) electrons. The van der Waals surface area contributed by atoms with Crippen molar-refractivity contribution in [2.45, 2.75) is 39.0 Å². The molecule has 0 aliphatic carbocycles. The van der Waals surface area contributed by atoms with Crippen LogP contribution in [0.15, 0.2) is 35.1 Å². The minimum absolute atomic E-state index is 0.0690. The normalized spacial score (nSPS) is 16.9. The Morgan fingerprint density at radius 3 is 2.93 bits per heavy atom. The smallest absolute Gasteiger partial charge is 0.275 e. The number of H-pyrrole nitrogens is 1. The minimum atomic E-state index is -0.0690. The van der Waals surface area contributed by atoms with Crippen LogP contribution in [0.25, 0.3) is 5.65 Å². The molecule has 152 valence electrons. The molecule has 29 heavy (non-hydrogen) atoms. The lowest BCUT2D eigenvalue weighted by Crippen LogP contribution is -2.40. The maximum absolute atomic E-state index is 12.9. The fourth-order valence-corrected chi connectivity index (χ4v) is 3.97. The van der Waals surface area contributed by atoms with Crippen LogP contribution >= 0.6 is 0 Å². The van der Waals surface area contributed by atoms with Crippen molar-refractivity contribution in [3.8, 4) is 5.75 Å². The number of likely N-dealkylation sites (tertiary alicyclic amines) is 1. The molecular formula is C22H26N4O3. The molecule has 1 atom stereocenters. The Morgan fingerprint density at radius 2 is 2.14 bits per heavy atom. The number of aromatic nitrogens is 3. The first-order valence-corrected chi connectivity index (χ1v) is 9.96. The van der Waals surface area contributed by atoms with E-state index in [4.69, 9.17) is 4.74 Å². The van der Waals surface area contributed by atoms with Crippen molar-refractivity contribution in [1.29, 1.82) is 0 Å². The molecule has 0 unspecified atom stereocenters. The van der Waals surface area contributed by atoms with E-state index in [-0.39, 0.29) is 17.4 Å². The highest BCUT2D eigenvalue weighted by Gasteiger charge is 2.26. The number of amides is 1. The van der Waals surface area contributed by atoms with Gasteiger partial charge in [-0.15, -0.1) is 0 Å². The van der Waals surface area contributed by atoms with E-state index >= 15 is 0 Å². The first-order chi connectivity index (χ1) is 14.0. The molecule has 1 aromatic carbocycles. The summed E-state index contributed by atoms with van der Waals surface area (Å²) in [5, 5.41) is 3.21. The molecule has 2 aromatic heterocycles. The van der Waals surface area contributed by atoms with Crippen LogP contribution in [0.4, 0.5) is 0 Å². The predicted molar refractivity (Wildman–Crippen MR) is 111 cm³/mol. The molecule has 7 nitrogen and oxygen atoms in total. The van der Waals surface area contributed by atoms with Crippen LogP contribution in [0.1, 0.15) is 41.3 Å². The third-order valence-corrected chi connectivity index (χ3v) is 5.81. The van der Waals surface area contributed by atoms with Crippen LogP contribution < -0.4 is 10.3 Å². The molecular weight excluding hydrogens is 368 g/mol. The van der Waals surface area contributed by atoms with E-state index in [0.717, 1.165) is 42.1 Å². The van der Waals surface area contributed by atoms with E-state index in [1.54, 1.807) is 14.0 Å². The van der Waals surface area contributed by atoms with E-state index in [2.05, 4.69) is 10.1 Å². The summed E-state index contributed by atoms with van der Waals surface area (Å²) in [4.78, 5) is 31.8. The van der Waals surface area contributed by atoms with E-state index < -0.39 is 0 Å². The standard InChI is InChI=1S/C22H26N4O3/c1-14-15(2)23-20-12-19(24-26(20)22(14)28)17-7-5-9-25(13-17)21(27)11-16-6-4-8-18(10-16)29-3/h4,6,8,10,12,17,24H,5,7,9,11,13H2,1-3H3/t17-/m1/s1. The van der Waals surface area contributed by atoms with Gasteiger partial charge < -0.3 is 9.64 Å². The number of aromatic amines is 1. The lowest BCUT2D eigenvalue weighted by Gasteiger charge is -2.32. The topological polar surface area (TPSA) is 79.7 Å². The minimum Gasteiger partial charge on any atom is -0.497 e. The Balaban J connectivity index is 1.52. The Morgan fingerprint density at radius 1 is 1.31 bits per heavy atom. The van der Waals surface area contributed by atoms with Crippen molar-refractivity contribution in [1.82, 2.24) is 19.5 Å². The molecule has 1 fully saturated rings. The molecule has 7 heteroatoms. The van der Waals surface area contributed by atoms with Crippen LogP contribution in [0.2, 0.25) is 0 Å². The number of methoxy groups -OCH3 is 1. The average molecular weight is 394 g/mol. The second-order valence-corrected chi connectivity index (χ2v) is 7.74. The maximum atomic E-state index is 12.9. The second kappa shape index (κ2) is 7.73. The molecule has 0 bridgehead atoms. The van der Waals surface area contributed by atoms with Gasteiger partial charge in [0.15, 0.2) is 5.65 Å². The Bertz CT molecular complexity index is 1110. The van der Waals surface area contributed by atoms with Gasteiger partial charge in [-0.05, 0) is 44.4 Å². The quantitative estimate of drug-likeness (QED) is 0.738. The predicted octanol–water partition coefficient (Wildman–Crippen LogP) is 2.60. The second-order valence-electron chi connectivity index (χ2n) is 7.74. The number of fused-ring (bicyclic) bond motifs is 1. The largest absolute Gasteiger partial charge is 0.497 e. The van der Waals surface area contributed by atoms with Crippen LogP contribution in [0, 0.1) is 13.8 Å². The summed E-state index contributed by atoms with van der Waals surface area (Å²) in [7, 11) is 1.62. The summed E-state index contributed by atoms with van der Waals surface area (Å²) in [6, 6.07) is 9.57. The molecule has 1 aliphatic rings. The third kappa shape index (κ3) is 3.77. The number of nitrogens with one attached hydrogen (secondary N) is 1. The summed E-state index contributed by atoms with van der Waals surface area (Å²) < 4.78 is 6.76. The van der Waals surface area contributed by atoms with Gasteiger partial charge in [-0.1, -0.05) is 12.1 Å². The number of rotatable bonds is 4. The Labute approximate surface area is 169 Å². The van der Waals surface area contributed by atoms with Crippen molar-refractivity contribution in [3.63, 3.8) is 0 Å². The molecule has 1 aliphatic heterocycles. The van der Waals surface area contributed by atoms with Crippen LogP contribution in [-0.2, 0) is 11.2 Å². The monoisotopic (exact) mass is 394 g/mol. The van der Waals surface area contributed by atoms with E-state index in [1.807, 2.05) is 42.2 Å². The average Bonchev–Trinajstić information content (AvgIpc) is 3.16.